The van der Waals surface area contributed by atoms with Gasteiger partial charge in [-0.25, -0.2) is 0 Å². The molecule has 4 rings (SSSR count). The second-order valence-electron chi connectivity index (χ2n) is 8.03. The van der Waals surface area contributed by atoms with E-state index >= 15 is 0 Å². The number of likely N-dealkylation sites (tertiary alicyclic amines) is 2. The molecule has 2 heterocycles. The van der Waals surface area contributed by atoms with Crippen LogP contribution in [0.25, 0.3) is 0 Å². The number of amides is 1. The number of nitrogens with zero attached hydrogens (tertiary/aromatic N) is 2. The maximum absolute atomic E-state index is 12.8. The molecule has 2 aromatic carbocycles. The largest absolute Gasteiger partial charge is 0.497 e. The van der Waals surface area contributed by atoms with Crippen LogP contribution in [0.1, 0.15) is 28.4 Å². The van der Waals surface area contributed by atoms with E-state index in [-0.39, 0.29) is 11.9 Å². The summed E-state index contributed by atoms with van der Waals surface area (Å²) in [5, 5.41) is 0. The first-order chi connectivity index (χ1) is 13.6. The number of rotatable bonds is 6. The third kappa shape index (κ3) is 4.05. The number of carbonyl (C=O) groups excluding carboxylic acids is 1. The molecule has 0 bridgehead atoms. The molecule has 28 heavy (non-hydrogen) atoms. The molecular formula is C23H29N3O2. The second kappa shape index (κ2) is 8.33. The number of nitrogens with two attached hydrogens (primary N) is 1. The van der Waals surface area contributed by atoms with E-state index in [1.807, 2.05) is 47.4 Å². The van der Waals surface area contributed by atoms with Crippen molar-refractivity contribution in [1.82, 2.24) is 9.80 Å². The van der Waals surface area contributed by atoms with Gasteiger partial charge in [-0.3, -0.25) is 4.79 Å². The molecule has 2 unspecified atom stereocenters. The molecule has 5 heteroatoms. The summed E-state index contributed by atoms with van der Waals surface area (Å²) in [5.41, 5.74) is 8.27. The van der Waals surface area contributed by atoms with Crippen LogP contribution >= 0.6 is 0 Å². The summed E-state index contributed by atoms with van der Waals surface area (Å²) in [7, 11) is 1.63. The van der Waals surface area contributed by atoms with Gasteiger partial charge in [0, 0.05) is 37.8 Å². The standard InChI is InChI=1S/C23H29N3O2/c1-28-21-9-5-8-18(12-21)23(27)26-15-19-13-25(14-20(19)16-26)11-10-22(24)17-6-3-2-4-7-17/h2-9,12,19-20,22H,10-11,13-16,24H2,1H3/t19?,20?,22-/m0/s1. The highest BCUT2D eigenvalue weighted by Gasteiger charge is 2.41. The Morgan fingerprint density at radius 2 is 1.79 bits per heavy atom. The van der Waals surface area contributed by atoms with Crippen molar-refractivity contribution < 1.29 is 9.53 Å². The average molecular weight is 380 g/mol. The van der Waals surface area contributed by atoms with Gasteiger partial charge in [0.2, 0.25) is 0 Å². The Morgan fingerprint density at radius 1 is 1.07 bits per heavy atom. The summed E-state index contributed by atoms with van der Waals surface area (Å²) < 4.78 is 5.25. The van der Waals surface area contributed by atoms with Crippen molar-refractivity contribution in [1.29, 1.82) is 0 Å². The minimum atomic E-state index is 0.0905. The fourth-order valence-electron chi connectivity index (χ4n) is 4.57. The summed E-state index contributed by atoms with van der Waals surface area (Å²) in [6.07, 6.45) is 0.968. The number of fused-ring (bicyclic) bond motifs is 1. The van der Waals surface area contributed by atoms with E-state index in [0.717, 1.165) is 44.9 Å². The van der Waals surface area contributed by atoms with Crippen molar-refractivity contribution in [2.75, 3.05) is 39.8 Å². The van der Waals surface area contributed by atoms with Gasteiger partial charge in [-0.15, -0.1) is 0 Å². The maximum Gasteiger partial charge on any atom is 0.254 e. The smallest absolute Gasteiger partial charge is 0.254 e. The van der Waals surface area contributed by atoms with E-state index in [9.17, 15) is 4.79 Å². The fraction of sp³-hybridized carbons (Fsp3) is 0.435. The number of ether oxygens (including phenoxy) is 1. The van der Waals surface area contributed by atoms with Crippen LogP contribution in [0.2, 0.25) is 0 Å². The molecule has 2 fully saturated rings. The molecule has 0 aromatic heterocycles. The molecule has 0 aliphatic carbocycles. The van der Waals surface area contributed by atoms with E-state index in [2.05, 4.69) is 17.0 Å². The van der Waals surface area contributed by atoms with E-state index in [4.69, 9.17) is 10.5 Å². The summed E-state index contributed by atoms with van der Waals surface area (Å²) in [4.78, 5) is 17.4. The van der Waals surface area contributed by atoms with Crippen molar-refractivity contribution in [3.63, 3.8) is 0 Å². The van der Waals surface area contributed by atoms with Gasteiger partial charge in [0.05, 0.1) is 7.11 Å². The quantitative estimate of drug-likeness (QED) is 0.839. The van der Waals surface area contributed by atoms with Crippen molar-refractivity contribution >= 4 is 5.91 Å². The molecule has 0 radical (unpaired) electrons. The third-order valence-corrected chi connectivity index (χ3v) is 6.15. The van der Waals surface area contributed by atoms with Crippen LogP contribution in [0.3, 0.4) is 0 Å². The number of benzene rings is 2. The lowest BCUT2D eigenvalue weighted by Crippen LogP contribution is -2.34. The summed E-state index contributed by atoms with van der Waals surface area (Å²) in [5.74, 6) is 1.99. The van der Waals surface area contributed by atoms with Crippen LogP contribution < -0.4 is 10.5 Å². The molecule has 1 amide bonds. The highest BCUT2D eigenvalue weighted by atomic mass is 16.5. The van der Waals surface area contributed by atoms with Crippen LogP contribution in [0.5, 0.6) is 5.75 Å². The van der Waals surface area contributed by atoms with Crippen LogP contribution in [-0.2, 0) is 0 Å². The Labute approximate surface area is 167 Å². The van der Waals surface area contributed by atoms with Gasteiger partial charge in [-0.1, -0.05) is 36.4 Å². The monoisotopic (exact) mass is 379 g/mol. The van der Waals surface area contributed by atoms with Crippen molar-refractivity contribution in [2.45, 2.75) is 12.5 Å². The Hall–Kier alpha value is -2.37. The van der Waals surface area contributed by atoms with Gasteiger partial charge in [0.25, 0.3) is 5.91 Å². The molecule has 2 N–H and O–H groups in total. The number of carbonyl (C=O) groups is 1. The molecule has 148 valence electrons. The lowest BCUT2D eigenvalue weighted by molar-refractivity contribution is 0.0773. The molecule has 2 aliphatic heterocycles. The minimum Gasteiger partial charge on any atom is -0.497 e. The maximum atomic E-state index is 12.8. The number of methoxy groups -OCH3 is 1. The average Bonchev–Trinajstić information content (AvgIpc) is 3.31. The zero-order valence-electron chi connectivity index (χ0n) is 16.5. The van der Waals surface area contributed by atoms with Gasteiger partial charge in [-0.05, 0) is 48.6 Å². The van der Waals surface area contributed by atoms with Crippen molar-refractivity contribution in [3.8, 4) is 5.75 Å². The van der Waals surface area contributed by atoms with Crippen LogP contribution in [-0.4, -0.2) is 55.5 Å². The molecule has 2 aliphatic rings. The highest BCUT2D eigenvalue weighted by Crippen LogP contribution is 2.32. The van der Waals surface area contributed by atoms with E-state index in [0.29, 0.717) is 17.4 Å². The fourth-order valence-corrected chi connectivity index (χ4v) is 4.57. The van der Waals surface area contributed by atoms with Crippen molar-refractivity contribution in [3.05, 3.63) is 65.7 Å². The number of hydrogen-bond acceptors (Lipinski definition) is 4. The van der Waals surface area contributed by atoms with Crippen molar-refractivity contribution in [2.24, 2.45) is 17.6 Å². The van der Waals surface area contributed by atoms with Crippen LogP contribution in [0.15, 0.2) is 54.6 Å². The van der Waals surface area contributed by atoms with Gasteiger partial charge in [0.15, 0.2) is 0 Å². The van der Waals surface area contributed by atoms with E-state index in [1.54, 1.807) is 7.11 Å². The lowest BCUT2D eigenvalue weighted by Gasteiger charge is -2.23. The molecular weight excluding hydrogens is 350 g/mol. The van der Waals surface area contributed by atoms with Gasteiger partial charge in [0.1, 0.15) is 5.75 Å². The highest BCUT2D eigenvalue weighted by molar-refractivity contribution is 5.94. The summed E-state index contributed by atoms with van der Waals surface area (Å²) >= 11 is 0. The molecule has 0 saturated carbocycles. The van der Waals surface area contributed by atoms with Gasteiger partial charge < -0.3 is 20.3 Å². The van der Waals surface area contributed by atoms with Gasteiger partial charge >= 0.3 is 0 Å². The lowest BCUT2D eigenvalue weighted by atomic mass is 10.0. The molecule has 2 aromatic rings. The minimum absolute atomic E-state index is 0.0905. The Kier molecular flexibility index (Phi) is 5.64. The Morgan fingerprint density at radius 3 is 2.46 bits per heavy atom. The summed E-state index contributed by atoms with van der Waals surface area (Å²) in [6.45, 7) is 4.85. The molecule has 2 saturated heterocycles. The summed E-state index contributed by atoms with van der Waals surface area (Å²) in [6, 6.07) is 17.9. The first-order valence-corrected chi connectivity index (χ1v) is 10.1. The van der Waals surface area contributed by atoms with E-state index < -0.39 is 0 Å². The van der Waals surface area contributed by atoms with Crippen LogP contribution in [0, 0.1) is 11.8 Å². The topological polar surface area (TPSA) is 58.8 Å². The molecule has 3 atom stereocenters. The van der Waals surface area contributed by atoms with Crippen LogP contribution in [0.4, 0.5) is 0 Å². The Bertz CT molecular complexity index is 797. The second-order valence-corrected chi connectivity index (χ2v) is 8.03. The van der Waals surface area contributed by atoms with E-state index in [1.165, 1.54) is 5.56 Å². The first kappa shape index (κ1) is 19.0. The predicted octanol–water partition coefficient (Wildman–Crippen LogP) is 2.79. The predicted molar refractivity (Wildman–Crippen MR) is 110 cm³/mol. The first-order valence-electron chi connectivity index (χ1n) is 10.1. The van der Waals surface area contributed by atoms with Gasteiger partial charge in [-0.2, -0.15) is 0 Å². The molecule has 5 nitrogen and oxygen atoms in total. The third-order valence-electron chi connectivity index (χ3n) is 6.15. The zero-order valence-corrected chi connectivity index (χ0v) is 16.5. The number of hydrogen-bond donors (Lipinski definition) is 1. The zero-order chi connectivity index (χ0) is 19.5. The normalized spacial score (nSPS) is 22.9. The molecule has 0 spiro atoms. The Balaban J connectivity index is 1.28. The SMILES string of the molecule is COc1cccc(C(=O)N2CC3CN(CC[C@H](N)c4ccccc4)CC3C2)c1.